The molecule has 26 heavy (non-hydrogen) atoms. The van der Waals surface area contributed by atoms with Gasteiger partial charge in [0.15, 0.2) is 9.47 Å². The van der Waals surface area contributed by atoms with Crippen LogP contribution in [0.25, 0.3) is 20.4 Å². The number of aromatic nitrogens is 2. The van der Waals surface area contributed by atoms with Crippen molar-refractivity contribution < 1.29 is 4.79 Å². The molecule has 4 rings (SSSR count). The molecule has 4 aromatic rings. The molecule has 0 bridgehead atoms. The second-order valence-corrected chi connectivity index (χ2v) is 8.89. The maximum absolute atomic E-state index is 12.1. The average molecular weight is 421 g/mol. The molecule has 5 nitrogen and oxygen atoms in total. The molecule has 0 saturated heterocycles. The smallest absolute Gasteiger partial charge is 0.321 e. The molecule has 2 aromatic carbocycles. The van der Waals surface area contributed by atoms with Crippen molar-refractivity contribution in [1.82, 2.24) is 15.3 Å². The number of amides is 2. The number of anilines is 1. The van der Waals surface area contributed by atoms with E-state index in [4.69, 9.17) is 11.6 Å². The number of hydrogen-bond acceptors (Lipinski definition) is 6. The molecule has 0 radical (unpaired) electrons. The van der Waals surface area contributed by atoms with E-state index in [1.165, 1.54) is 11.3 Å². The average Bonchev–Trinajstić information content (AvgIpc) is 3.23. The Kier molecular flexibility index (Phi) is 4.99. The van der Waals surface area contributed by atoms with Gasteiger partial charge in [-0.1, -0.05) is 46.8 Å². The summed E-state index contributed by atoms with van der Waals surface area (Å²) in [4.78, 5) is 21.2. The number of carbonyl (C=O) groups excluding carboxylic acids is 1. The molecule has 2 amide bonds. The van der Waals surface area contributed by atoms with Gasteiger partial charge in [-0.05, 0) is 36.1 Å². The highest BCUT2D eigenvalue weighted by atomic mass is 35.5. The van der Waals surface area contributed by atoms with Crippen LogP contribution in [0.1, 0.15) is 5.56 Å². The summed E-state index contributed by atoms with van der Waals surface area (Å²) >= 11 is 10.6. The number of hydrogen-bond donors (Lipinski definition) is 2. The quantitative estimate of drug-likeness (QED) is 0.421. The summed E-state index contributed by atoms with van der Waals surface area (Å²) in [6.07, 6.45) is 2.01. The molecular formula is C17H13ClN4OS3. The number of thioether (sulfide) groups is 1. The molecule has 9 heteroatoms. The topological polar surface area (TPSA) is 66.9 Å². The SMILES string of the molecule is CSc1nc2ccc3nc(NC(=O)NCc4ccc(Cl)cc4)sc3c2s1. The summed E-state index contributed by atoms with van der Waals surface area (Å²) < 4.78 is 3.18. The zero-order chi connectivity index (χ0) is 18.1. The monoisotopic (exact) mass is 420 g/mol. The number of fused-ring (bicyclic) bond motifs is 3. The molecule has 2 aromatic heterocycles. The highest BCUT2D eigenvalue weighted by Crippen LogP contribution is 2.37. The molecule has 0 atom stereocenters. The summed E-state index contributed by atoms with van der Waals surface area (Å²) in [5.41, 5.74) is 2.81. The van der Waals surface area contributed by atoms with Crippen molar-refractivity contribution in [2.24, 2.45) is 0 Å². The van der Waals surface area contributed by atoms with Crippen molar-refractivity contribution >= 4 is 77.6 Å². The number of benzene rings is 2. The molecule has 2 heterocycles. The fraction of sp³-hybridized carbons (Fsp3) is 0.118. The maximum atomic E-state index is 12.1. The highest BCUT2D eigenvalue weighted by molar-refractivity contribution is 8.00. The zero-order valence-electron chi connectivity index (χ0n) is 13.6. The van der Waals surface area contributed by atoms with Crippen LogP contribution in [-0.4, -0.2) is 22.3 Å². The van der Waals surface area contributed by atoms with Crippen LogP contribution in [-0.2, 0) is 6.54 Å². The van der Waals surface area contributed by atoms with Gasteiger partial charge in [0.2, 0.25) is 0 Å². The molecule has 0 spiro atoms. The fourth-order valence-electron chi connectivity index (χ4n) is 2.42. The third-order valence-electron chi connectivity index (χ3n) is 3.65. The minimum atomic E-state index is -0.288. The first-order valence-electron chi connectivity index (χ1n) is 7.66. The Labute approximate surface area is 166 Å². The van der Waals surface area contributed by atoms with Crippen molar-refractivity contribution in [3.63, 3.8) is 0 Å². The molecule has 132 valence electrons. The predicted molar refractivity (Wildman–Crippen MR) is 112 cm³/mol. The lowest BCUT2D eigenvalue weighted by Gasteiger charge is -2.05. The van der Waals surface area contributed by atoms with Gasteiger partial charge < -0.3 is 5.32 Å². The van der Waals surface area contributed by atoms with Crippen molar-refractivity contribution in [3.05, 3.63) is 47.0 Å². The number of urea groups is 1. The Balaban J connectivity index is 1.49. The second kappa shape index (κ2) is 7.40. The van der Waals surface area contributed by atoms with Crippen LogP contribution in [0.15, 0.2) is 40.7 Å². The Hall–Kier alpha value is -1.87. The molecule has 0 unspecified atom stereocenters. The molecular weight excluding hydrogens is 408 g/mol. The Morgan fingerprint density at radius 3 is 2.50 bits per heavy atom. The van der Waals surface area contributed by atoms with E-state index < -0.39 is 0 Å². The third kappa shape index (κ3) is 3.64. The number of nitrogens with zero attached hydrogens (tertiary/aromatic N) is 2. The number of halogens is 1. The normalized spacial score (nSPS) is 11.2. The minimum absolute atomic E-state index is 0.288. The van der Waals surface area contributed by atoms with Crippen molar-refractivity contribution in [1.29, 1.82) is 0 Å². The number of carbonyl (C=O) groups is 1. The van der Waals surface area contributed by atoms with Gasteiger partial charge in [0.05, 0.1) is 20.4 Å². The summed E-state index contributed by atoms with van der Waals surface area (Å²) in [5.74, 6) is 0. The van der Waals surface area contributed by atoms with Crippen LogP contribution < -0.4 is 10.6 Å². The summed E-state index contributed by atoms with van der Waals surface area (Å²) in [6, 6.07) is 11.0. The van der Waals surface area contributed by atoms with Crippen LogP contribution in [0.4, 0.5) is 9.93 Å². The van der Waals surface area contributed by atoms with Crippen molar-refractivity contribution in [3.8, 4) is 0 Å². The molecule has 0 saturated carbocycles. The summed E-state index contributed by atoms with van der Waals surface area (Å²) in [7, 11) is 0. The first kappa shape index (κ1) is 17.5. The lowest BCUT2D eigenvalue weighted by atomic mass is 10.2. The van der Waals surface area contributed by atoms with Crippen LogP contribution in [0, 0.1) is 0 Å². The van der Waals surface area contributed by atoms with Gasteiger partial charge in [-0.25, -0.2) is 14.8 Å². The first-order valence-corrected chi connectivity index (χ1v) is 10.9. The fourth-order valence-corrected chi connectivity index (χ4v) is 5.20. The number of thiazole rings is 2. The van der Waals surface area contributed by atoms with Crippen LogP contribution in [0.5, 0.6) is 0 Å². The van der Waals surface area contributed by atoms with E-state index in [0.29, 0.717) is 16.7 Å². The van der Waals surface area contributed by atoms with Crippen LogP contribution in [0.2, 0.25) is 5.02 Å². The van der Waals surface area contributed by atoms with Crippen LogP contribution >= 0.6 is 46.0 Å². The van der Waals surface area contributed by atoms with Gasteiger partial charge in [0, 0.05) is 11.6 Å². The van der Waals surface area contributed by atoms with Crippen molar-refractivity contribution in [2.45, 2.75) is 10.9 Å². The standard InChI is InChI=1S/C17H13ClN4OS3/c1-24-17-21-12-7-6-11-13(14(12)26-17)25-16(20-11)22-15(23)19-8-9-2-4-10(18)5-3-9/h2-7H,8H2,1H3,(H2,19,20,22,23). The Morgan fingerprint density at radius 2 is 1.77 bits per heavy atom. The minimum Gasteiger partial charge on any atom is -0.334 e. The van der Waals surface area contributed by atoms with E-state index in [9.17, 15) is 4.79 Å². The van der Waals surface area contributed by atoms with E-state index in [-0.39, 0.29) is 6.03 Å². The van der Waals surface area contributed by atoms with Gasteiger partial charge >= 0.3 is 6.03 Å². The zero-order valence-corrected chi connectivity index (χ0v) is 16.8. The second-order valence-electron chi connectivity index (χ2n) is 5.40. The summed E-state index contributed by atoms with van der Waals surface area (Å²) in [5, 5.41) is 6.87. The van der Waals surface area contributed by atoms with E-state index in [1.807, 2.05) is 30.5 Å². The van der Waals surface area contributed by atoms with Gasteiger partial charge in [0.25, 0.3) is 0 Å². The Morgan fingerprint density at radius 1 is 1.08 bits per heavy atom. The van der Waals surface area contributed by atoms with E-state index in [1.54, 1.807) is 35.2 Å². The Bertz CT molecular complexity index is 1090. The van der Waals surface area contributed by atoms with E-state index in [0.717, 1.165) is 30.3 Å². The van der Waals surface area contributed by atoms with Crippen molar-refractivity contribution in [2.75, 3.05) is 11.6 Å². The maximum Gasteiger partial charge on any atom is 0.321 e. The van der Waals surface area contributed by atoms with Gasteiger partial charge in [-0.15, -0.1) is 11.3 Å². The highest BCUT2D eigenvalue weighted by Gasteiger charge is 2.13. The van der Waals surface area contributed by atoms with E-state index in [2.05, 4.69) is 20.6 Å². The lowest BCUT2D eigenvalue weighted by molar-refractivity contribution is 0.251. The molecule has 0 aliphatic carbocycles. The first-order chi connectivity index (χ1) is 12.6. The molecule has 2 N–H and O–H groups in total. The van der Waals surface area contributed by atoms with Gasteiger partial charge in [0.1, 0.15) is 0 Å². The number of nitrogens with one attached hydrogen (secondary N) is 2. The molecule has 0 fully saturated rings. The number of rotatable bonds is 4. The van der Waals surface area contributed by atoms with Crippen LogP contribution in [0.3, 0.4) is 0 Å². The van der Waals surface area contributed by atoms with Gasteiger partial charge in [-0.2, -0.15) is 0 Å². The van der Waals surface area contributed by atoms with E-state index >= 15 is 0 Å². The molecule has 0 aliphatic rings. The predicted octanol–water partition coefficient (Wildman–Crippen LogP) is 5.60. The lowest BCUT2D eigenvalue weighted by Crippen LogP contribution is -2.28. The van der Waals surface area contributed by atoms with Gasteiger partial charge in [-0.3, -0.25) is 5.32 Å². The summed E-state index contributed by atoms with van der Waals surface area (Å²) in [6.45, 7) is 0.421. The third-order valence-corrected chi connectivity index (χ3v) is 7.11. The largest absolute Gasteiger partial charge is 0.334 e. The molecule has 0 aliphatic heterocycles.